The predicted molar refractivity (Wildman–Crippen MR) is 61.3 cm³/mol. The molecule has 2 rings (SSSR count). The standard InChI is InChI=1S/C12H15ClFNO/c1-8-3-2-4-10(5-8)16-12-11(14)6-9(13)7-15-12/h6-8,10H,2-5H2,1H3. The second-order valence-electron chi connectivity index (χ2n) is 4.45. The van der Waals surface area contributed by atoms with E-state index in [0.29, 0.717) is 10.9 Å². The van der Waals surface area contributed by atoms with Gasteiger partial charge in [0.1, 0.15) is 6.10 Å². The van der Waals surface area contributed by atoms with Crippen LogP contribution in [0, 0.1) is 11.7 Å². The Balaban J connectivity index is 2.02. The quantitative estimate of drug-likeness (QED) is 0.788. The summed E-state index contributed by atoms with van der Waals surface area (Å²) in [5.74, 6) is 0.239. The first kappa shape index (κ1) is 11.6. The first-order valence-electron chi connectivity index (χ1n) is 5.63. The van der Waals surface area contributed by atoms with Crippen molar-refractivity contribution in [3.8, 4) is 5.88 Å². The third-order valence-electron chi connectivity index (χ3n) is 2.94. The Hall–Kier alpha value is -0.830. The summed E-state index contributed by atoms with van der Waals surface area (Å²) in [6.45, 7) is 2.20. The average molecular weight is 244 g/mol. The highest BCUT2D eigenvalue weighted by Gasteiger charge is 2.21. The lowest BCUT2D eigenvalue weighted by Crippen LogP contribution is -2.24. The molecule has 0 radical (unpaired) electrons. The number of nitrogens with zero attached hydrogens (tertiary/aromatic N) is 1. The van der Waals surface area contributed by atoms with Gasteiger partial charge < -0.3 is 4.74 Å². The van der Waals surface area contributed by atoms with Crippen molar-refractivity contribution in [3.05, 3.63) is 23.1 Å². The van der Waals surface area contributed by atoms with E-state index in [0.717, 1.165) is 19.3 Å². The van der Waals surface area contributed by atoms with Crippen LogP contribution in [0.5, 0.6) is 5.88 Å². The molecule has 1 saturated carbocycles. The molecule has 0 saturated heterocycles. The molecule has 0 N–H and O–H groups in total. The summed E-state index contributed by atoms with van der Waals surface area (Å²) in [5.41, 5.74) is 0. The summed E-state index contributed by atoms with van der Waals surface area (Å²) in [5, 5.41) is 0.293. The van der Waals surface area contributed by atoms with Gasteiger partial charge in [-0.15, -0.1) is 0 Å². The topological polar surface area (TPSA) is 22.1 Å². The molecule has 1 aromatic heterocycles. The van der Waals surface area contributed by atoms with Gasteiger partial charge in [-0.05, 0) is 31.2 Å². The first-order chi connectivity index (χ1) is 7.65. The van der Waals surface area contributed by atoms with Crippen molar-refractivity contribution in [2.45, 2.75) is 38.7 Å². The van der Waals surface area contributed by atoms with Crippen LogP contribution in [0.25, 0.3) is 0 Å². The second-order valence-corrected chi connectivity index (χ2v) is 4.89. The summed E-state index contributed by atoms with van der Waals surface area (Å²) >= 11 is 5.62. The van der Waals surface area contributed by atoms with Gasteiger partial charge in [0.05, 0.1) is 5.02 Å². The zero-order valence-electron chi connectivity index (χ0n) is 9.25. The van der Waals surface area contributed by atoms with Gasteiger partial charge >= 0.3 is 0 Å². The molecule has 0 aliphatic heterocycles. The minimum absolute atomic E-state index is 0.0727. The third-order valence-corrected chi connectivity index (χ3v) is 3.15. The van der Waals surface area contributed by atoms with E-state index in [4.69, 9.17) is 16.3 Å². The van der Waals surface area contributed by atoms with Crippen LogP contribution in [0.3, 0.4) is 0 Å². The molecule has 1 aliphatic rings. The Morgan fingerprint density at radius 1 is 1.50 bits per heavy atom. The van der Waals surface area contributed by atoms with Crippen molar-refractivity contribution < 1.29 is 9.13 Å². The fraction of sp³-hybridized carbons (Fsp3) is 0.583. The molecule has 1 aromatic rings. The van der Waals surface area contributed by atoms with E-state index in [1.807, 2.05) is 0 Å². The minimum Gasteiger partial charge on any atom is -0.472 e. The van der Waals surface area contributed by atoms with Crippen LogP contribution in [0.15, 0.2) is 12.3 Å². The Morgan fingerprint density at radius 2 is 2.31 bits per heavy atom. The Labute approximate surface area is 99.8 Å². The Bertz CT molecular complexity index is 372. The molecule has 2 atom stereocenters. The molecular formula is C12H15ClFNO. The van der Waals surface area contributed by atoms with E-state index in [1.54, 1.807) is 0 Å². The van der Waals surface area contributed by atoms with E-state index >= 15 is 0 Å². The van der Waals surface area contributed by atoms with Crippen molar-refractivity contribution in [3.63, 3.8) is 0 Å². The fourth-order valence-electron chi connectivity index (χ4n) is 2.13. The largest absolute Gasteiger partial charge is 0.472 e. The van der Waals surface area contributed by atoms with Crippen LogP contribution in [-0.2, 0) is 0 Å². The SMILES string of the molecule is CC1CCCC(Oc2ncc(Cl)cc2F)C1. The van der Waals surface area contributed by atoms with E-state index in [1.165, 1.54) is 18.7 Å². The van der Waals surface area contributed by atoms with Gasteiger partial charge in [-0.1, -0.05) is 24.9 Å². The zero-order valence-corrected chi connectivity index (χ0v) is 10.0. The van der Waals surface area contributed by atoms with Crippen LogP contribution in [0.2, 0.25) is 5.02 Å². The lowest BCUT2D eigenvalue weighted by molar-refractivity contribution is 0.118. The van der Waals surface area contributed by atoms with Crippen molar-refractivity contribution >= 4 is 11.6 Å². The van der Waals surface area contributed by atoms with E-state index in [2.05, 4.69) is 11.9 Å². The Morgan fingerprint density at radius 3 is 3.00 bits per heavy atom. The van der Waals surface area contributed by atoms with Crippen molar-refractivity contribution in [2.24, 2.45) is 5.92 Å². The number of hydrogen-bond acceptors (Lipinski definition) is 2. The molecular weight excluding hydrogens is 229 g/mol. The molecule has 2 unspecified atom stereocenters. The van der Waals surface area contributed by atoms with E-state index < -0.39 is 5.82 Å². The molecule has 0 aromatic carbocycles. The number of pyridine rings is 1. The van der Waals surface area contributed by atoms with Gasteiger partial charge in [0, 0.05) is 6.20 Å². The van der Waals surface area contributed by atoms with Crippen molar-refractivity contribution in [1.29, 1.82) is 0 Å². The van der Waals surface area contributed by atoms with Crippen molar-refractivity contribution in [1.82, 2.24) is 4.98 Å². The maximum Gasteiger partial charge on any atom is 0.250 e. The number of halogens is 2. The van der Waals surface area contributed by atoms with Crippen molar-refractivity contribution in [2.75, 3.05) is 0 Å². The average Bonchev–Trinajstić information content (AvgIpc) is 2.22. The molecule has 1 fully saturated rings. The maximum absolute atomic E-state index is 13.4. The summed E-state index contributed by atoms with van der Waals surface area (Å²) < 4.78 is 19.0. The van der Waals surface area contributed by atoms with Gasteiger partial charge in [0.15, 0.2) is 5.82 Å². The number of rotatable bonds is 2. The second kappa shape index (κ2) is 5.00. The lowest BCUT2D eigenvalue weighted by Gasteiger charge is -2.26. The van der Waals surface area contributed by atoms with E-state index in [9.17, 15) is 4.39 Å². The zero-order chi connectivity index (χ0) is 11.5. The lowest BCUT2D eigenvalue weighted by atomic mass is 9.89. The Kier molecular flexibility index (Phi) is 3.64. The third kappa shape index (κ3) is 2.85. The van der Waals surface area contributed by atoms with Crippen LogP contribution in [0.4, 0.5) is 4.39 Å². The number of aromatic nitrogens is 1. The smallest absolute Gasteiger partial charge is 0.250 e. The monoisotopic (exact) mass is 243 g/mol. The molecule has 0 spiro atoms. The van der Waals surface area contributed by atoms with Crippen LogP contribution in [-0.4, -0.2) is 11.1 Å². The highest BCUT2D eigenvalue weighted by Crippen LogP contribution is 2.28. The minimum atomic E-state index is -0.481. The molecule has 4 heteroatoms. The highest BCUT2D eigenvalue weighted by atomic mass is 35.5. The molecule has 16 heavy (non-hydrogen) atoms. The summed E-state index contributed by atoms with van der Waals surface area (Å²) in [6.07, 6.45) is 5.83. The van der Waals surface area contributed by atoms with Gasteiger partial charge in [0.25, 0.3) is 5.88 Å². The predicted octanol–water partition coefficient (Wildman–Crippen LogP) is 3.83. The molecule has 1 heterocycles. The molecule has 0 amide bonds. The fourth-order valence-corrected chi connectivity index (χ4v) is 2.28. The van der Waals surface area contributed by atoms with Crippen LogP contribution >= 0.6 is 11.6 Å². The first-order valence-corrected chi connectivity index (χ1v) is 6.00. The molecule has 0 bridgehead atoms. The maximum atomic E-state index is 13.4. The molecule has 88 valence electrons. The summed E-state index contributed by atoms with van der Waals surface area (Å²) in [7, 11) is 0. The summed E-state index contributed by atoms with van der Waals surface area (Å²) in [4.78, 5) is 3.87. The van der Waals surface area contributed by atoms with Gasteiger partial charge in [-0.3, -0.25) is 0 Å². The van der Waals surface area contributed by atoms with Gasteiger partial charge in [-0.2, -0.15) is 0 Å². The van der Waals surface area contributed by atoms with Gasteiger partial charge in [-0.25, -0.2) is 9.37 Å². The summed E-state index contributed by atoms with van der Waals surface area (Å²) in [6, 6.07) is 1.23. The van der Waals surface area contributed by atoms with Gasteiger partial charge in [0.2, 0.25) is 0 Å². The normalized spacial score (nSPS) is 25.4. The molecule has 2 nitrogen and oxygen atoms in total. The highest BCUT2D eigenvalue weighted by molar-refractivity contribution is 6.30. The van der Waals surface area contributed by atoms with E-state index in [-0.39, 0.29) is 12.0 Å². The molecule has 1 aliphatic carbocycles. The van der Waals surface area contributed by atoms with Crippen LogP contribution in [0.1, 0.15) is 32.6 Å². The number of ether oxygens (including phenoxy) is 1. The number of hydrogen-bond donors (Lipinski definition) is 0. The van der Waals surface area contributed by atoms with Crippen LogP contribution < -0.4 is 4.74 Å².